The van der Waals surface area contributed by atoms with Crippen LogP contribution in [0.3, 0.4) is 0 Å². The van der Waals surface area contributed by atoms with Gasteiger partial charge in [-0.2, -0.15) is 0 Å². The molecule has 5 nitrogen and oxygen atoms in total. The Balaban J connectivity index is 1.99. The van der Waals surface area contributed by atoms with E-state index in [1.807, 2.05) is 14.0 Å². The number of benzene rings is 2. The van der Waals surface area contributed by atoms with Crippen LogP contribution in [-0.4, -0.2) is 26.2 Å². The molecule has 1 atom stereocenters. The molecule has 2 aromatic heterocycles. The van der Waals surface area contributed by atoms with Gasteiger partial charge in [0.05, 0.1) is 35.4 Å². The molecule has 0 aliphatic carbocycles. The van der Waals surface area contributed by atoms with Crippen molar-refractivity contribution >= 4 is 45.7 Å². The van der Waals surface area contributed by atoms with Gasteiger partial charge in [-0.3, -0.25) is 0 Å². The Morgan fingerprint density at radius 3 is 2.40 bits per heavy atom. The Hall–Kier alpha value is -2.31. The zero-order valence-electron chi connectivity index (χ0n) is 16.2. The highest BCUT2D eigenvalue weighted by Gasteiger charge is 2.37. The molecule has 8 heteroatoms. The van der Waals surface area contributed by atoms with Gasteiger partial charge < -0.3 is 14.4 Å². The van der Waals surface area contributed by atoms with Crippen LogP contribution in [0.2, 0.25) is 15.2 Å². The Labute approximate surface area is 188 Å². The minimum Gasteiger partial charge on any atom is -0.489 e. The van der Waals surface area contributed by atoms with Crippen molar-refractivity contribution in [2.24, 2.45) is 7.05 Å². The van der Waals surface area contributed by atoms with Crippen LogP contribution in [-0.2, 0) is 12.6 Å². The van der Waals surface area contributed by atoms with Crippen LogP contribution in [0.15, 0.2) is 55.0 Å². The lowest BCUT2D eigenvalue weighted by Crippen LogP contribution is -2.31. The van der Waals surface area contributed by atoms with Crippen molar-refractivity contribution in [3.63, 3.8) is 0 Å². The topological polar surface area (TPSA) is 60.2 Å². The normalized spacial score (nSPS) is 13.4. The SMILES string of the molecule is CCOc1c(Cl)nc2ccc(C(O)(c3ccc(Cl)cc3)c3cncn3C)cc2c1Cl. The van der Waals surface area contributed by atoms with Gasteiger partial charge in [-0.15, -0.1) is 0 Å². The molecule has 1 unspecified atom stereocenters. The number of pyridine rings is 1. The third-order valence-electron chi connectivity index (χ3n) is 4.99. The highest BCUT2D eigenvalue weighted by molar-refractivity contribution is 6.40. The molecule has 2 heterocycles. The van der Waals surface area contributed by atoms with Gasteiger partial charge in [0.15, 0.2) is 16.5 Å². The van der Waals surface area contributed by atoms with Crippen molar-refractivity contribution in [3.8, 4) is 5.75 Å². The maximum absolute atomic E-state index is 12.0. The third kappa shape index (κ3) is 3.42. The van der Waals surface area contributed by atoms with E-state index < -0.39 is 5.60 Å². The number of fused-ring (bicyclic) bond motifs is 1. The van der Waals surface area contributed by atoms with Crippen molar-refractivity contribution in [2.45, 2.75) is 12.5 Å². The van der Waals surface area contributed by atoms with Crippen molar-refractivity contribution < 1.29 is 9.84 Å². The fourth-order valence-corrected chi connectivity index (χ4v) is 4.24. The number of imidazole rings is 1. The standard InChI is InChI=1S/C22H18Cl3N3O2/c1-3-30-20-19(24)16-10-14(6-9-17(16)27-21(20)25)22(29,18-11-26-12-28(18)2)13-4-7-15(23)8-5-13/h4-12,29H,3H2,1-2H3. The Bertz CT molecular complexity index is 1220. The van der Waals surface area contributed by atoms with Crippen molar-refractivity contribution in [3.05, 3.63) is 87.0 Å². The maximum Gasteiger partial charge on any atom is 0.175 e. The van der Waals surface area contributed by atoms with E-state index in [1.165, 1.54) is 0 Å². The summed E-state index contributed by atoms with van der Waals surface area (Å²) < 4.78 is 7.34. The molecule has 1 N–H and O–H groups in total. The van der Waals surface area contributed by atoms with Gasteiger partial charge >= 0.3 is 0 Å². The van der Waals surface area contributed by atoms with E-state index in [4.69, 9.17) is 39.5 Å². The molecular weight excluding hydrogens is 445 g/mol. The number of halogens is 3. The van der Waals surface area contributed by atoms with Gasteiger partial charge in [0.2, 0.25) is 0 Å². The van der Waals surface area contributed by atoms with E-state index in [9.17, 15) is 5.11 Å². The Kier molecular flexibility index (Phi) is 5.64. The maximum atomic E-state index is 12.0. The van der Waals surface area contributed by atoms with E-state index in [-0.39, 0.29) is 5.15 Å². The largest absolute Gasteiger partial charge is 0.489 e. The lowest BCUT2D eigenvalue weighted by molar-refractivity contribution is 0.117. The number of aliphatic hydroxyl groups is 1. The molecule has 2 aromatic carbocycles. The third-order valence-corrected chi connectivity index (χ3v) is 5.88. The van der Waals surface area contributed by atoms with E-state index in [0.29, 0.717) is 50.1 Å². The molecule has 0 saturated carbocycles. The van der Waals surface area contributed by atoms with Crippen LogP contribution in [0.25, 0.3) is 10.9 Å². The smallest absolute Gasteiger partial charge is 0.175 e. The predicted molar refractivity (Wildman–Crippen MR) is 120 cm³/mol. The predicted octanol–water partition coefficient (Wildman–Crippen LogP) is 5.61. The summed E-state index contributed by atoms with van der Waals surface area (Å²) in [6.07, 6.45) is 3.27. The molecule has 154 valence electrons. The van der Waals surface area contributed by atoms with Crippen LogP contribution in [0.4, 0.5) is 0 Å². The monoisotopic (exact) mass is 461 g/mol. The lowest BCUT2D eigenvalue weighted by atomic mass is 9.83. The lowest BCUT2D eigenvalue weighted by Gasteiger charge is -2.30. The average molecular weight is 463 g/mol. The number of aromatic nitrogens is 3. The summed E-state index contributed by atoms with van der Waals surface area (Å²) in [5, 5.41) is 13.8. The second-order valence-corrected chi connectivity index (χ2v) is 7.99. The average Bonchev–Trinajstić information content (AvgIpc) is 3.17. The Morgan fingerprint density at radius 2 is 1.77 bits per heavy atom. The second-order valence-electron chi connectivity index (χ2n) is 6.82. The number of ether oxygens (including phenoxy) is 1. The van der Waals surface area contributed by atoms with E-state index in [2.05, 4.69) is 9.97 Å². The van der Waals surface area contributed by atoms with E-state index in [1.54, 1.807) is 59.6 Å². The fourth-order valence-electron chi connectivity index (χ4n) is 3.53. The highest BCUT2D eigenvalue weighted by Crippen LogP contribution is 2.42. The molecule has 4 aromatic rings. The van der Waals surface area contributed by atoms with Gasteiger partial charge in [0.1, 0.15) is 0 Å². The zero-order valence-corrected chi connectivity index (χ0v) is 18.5. The summed E-state index contributed by atoms with van der Waals surface area (Å²) in [5.41, 5.74) is 0.916. The molecule has 0 saturated heterocycles. The molecule has 0 aliphatic rings. The van der Waals surface area contributed by atoms with Crippen LogP contribution >= 0.6 is 34.8 Å². The molecule has 4 rings (SSSR count). The van der Waals surface area contributed by atoms with Crippen LogP contribution < -0.4 is 4.74 Å². The zero-order chi connectivity index (χ0) is 21.5. The summed E-state index contributed by atoms with van der Waals surface area (Å²) in [7, 11) is 1.83. The molecule has 0 aliphatic heterocycles. The molecular formula is C22H18Cl3N3O2. The number of rotatable bonds is 5. The van der Waals surface area contributed by atoms with Gasteiger partial charge in [-0.25, -0.2) is 9.97 Å². The summed E-state index contributed by atoms with van der Waals surface area (Å²) in [6.45, 7) is 2.24. The van der Waals surface area contributed by atoms with Gasteiger partial charge in [-0.1, -0.05) is 53.0 Å². The number of hydrogen-bond donors (Lipinski definition) is 1. The minimum absolute atomic E-state index is 0.196. The summed E-state index contributed by atoms with van der Waals surface area (Å²) in [5.74, 6) is 0.320. The quantitative estimate of drug-likeness (QED) is 0.392. The van der Waals surface area contributed by atoms with Gasteiger partial charge in [0, 0.05) is 17.5 Å². The van der Waals surface area contributed by atoms with Crippen LogP contribution in [0.5, 0.6) is 5.75 Å². The van der Waals surface area contributed by atoms with Crippen molar-refractivity contribution in [1.82, 2.24) is 14.5 Å². The Morgan fingerprint density at radius 1 is 1.07 bits per heavy atom. The second kappa shape index (κ2) is 8.08. The van der Waals surface area contributed by atoms with Crippen molar-refractivity contribution in [2.75, 3.05) is 6.61 Å². The molecule has 0 radical (unpaired) electrons. The molecule has 0 spiro atoms. The molecule has 0 bridgehead atoms. The highest BCUT2D eigenvalue weighted by atomic mass is 35.5. The summed E-state index contributed by atoms with van der Waals surface area (Å²) in [4.78, 5) is 8.57. The minimum atomic E-state index is -1.50. The van der Waals surface area contributed by atoms with Gasteiger partial charge in [0.25, 0.3) is 0 Å². The van der Waals surface area contributed by atoms with Gasteiger partial charge in [-0.05, 0) is 42.3 Å². The van der Waals surface area contributed by atoms with E-state index in [0.717, 1.165) is 0 Å². The molecule has 30 heavy (non-hydrogen) atoms. The number of nitrogens with zero attached hydrogens (tertiary/aromatic N) is 3. The molecule has 0 amide bonds. The first-order valence-electron chi connectivity index (χ1n) is 9.23. The van der Waals surface area contributed by atoms with Crippen LogP contribution in [0, 0.1) is 0 Å². The summed E-state index contributed by atoms with van der Waals surface area (Å²) >= 11 is 18.9. The van der Waals surface area contributed by atoms with Crippen LogP contribution in [0.1, 0.15) is 23.7 Å². The molecule has 0 fully saturated rings. The summed E-state index contributed by atoms with van der Waals surface area (Å²) in [6, 6.07) is 12.4. The number of aryl methyl sites for hydroxylation is 1. The first kappa shape index (κ1) is 20.9. The van der Waals surface area contributed by atoms with Crippen molar-refractivity contribution in [1.29, 1.82) is 0 Å². The fraction of sp³-hybridized carbons (Fsp3) is 0.182. The number of hydrogen-bond acceptors (Lipinski definition) is 4. The first-order valence-corrected chi connectivity index (χ1v) is 10.4. The first-order chi connectivity index (χ1) is 14.4. The van der Waals surface area contributed by atoms with E-state index >= 15 is 0 Å².